The SMILES string of the molecule is CCCCOc1cc(OCCCC)cc(N2C(=O)c3c(C)sc(C)c3C2=O)c1. The summed E-state index contributed by atoms with van der Waals surface area (Å²) in [4.78, 5) is 29.0. The Bertz CT molecular complexity index is 822. The highest BCUT2D eigenvalue weighted by Gasteiger charge is 2.41. The van der Waals surface area contributed by atoms with E-state index in [0.717, 1.165) is 35.4 Å². The minimum atomic E-state index is -0.271. The number of rotatable bonds is 9. The molecule has 0 atom stereocenters. The maximum Gasteiger partial charge on any atom is 0.267 e. The van der Waals surface area contributed by atoms with Crippen LogP contribution in [0.2, 0.25) is 0 Å². The zero-order valence-electron chi connectivity index (χ0n) is 17.0. The van der Waals surface area contributed by atoms with Crippen molar-refractivity contribution in [3.63, 3.8) is 0 Å². The third kappa shape index (κ3) is 3.92. The summed E-state index contributed by atoms with van der Waals surface area (Å²) in [6.45, 7) is 9.14. The van der Waals surface area contributed by atoms with Crippen LogP contribution in [0.15, 0.2) is 18.2 Å². The summed E-state index contributed by atoms with van der Waals surface area (Å²) in [5.74, 6) is 0.681. The Morgan fingerprint density at radius 2 is 1.29 bits per heavy atom. The minimum absolute atomic E-state index is 0.271. The number of unbranched alkanes of at least 4 members (excludes halogenated alkanes) is 2. The first-order valence-corrected chi connectivity index (χ1v) is 10.7. The van der Waals surface area contributed by atoms with Crippen molar-refractivity contribution >= 4 is 28.8 Å². The highest BCUT2D eigenvalue weighted by molar-refractivity contribution is 7.12. The van der Waals surface area contributed by atoms with Gasteiger partial charge in [0.05, 0.1) is 30.0 Å². The summed E-state index contributed by atoms with van der Waals surface area (Å²) in [7, 11) is 0. The maximum atomic E-state index is 13.0. The van der Waals surface area contributed by atoms with Crippen molar-refractivity contribution in [1.82, 2.24) is 0 Å². The average molecular weight is 402 g/mol. The molecule has 2 amide bonds. The Hall–Kier alpha value is -2.34. The van der Waals surface area contributed by atoms with Gasteiger partial charge in [-0.25, -0.2) is 4.90 Å². The Labute approximate surface area is 170 Å². The molecule has 0 unspecified atom stereocenters. The van der Waals surface area contributed by atoms with Crippen molar-refractivity contribution < 1.29 is 19.1 Å². The van der Waals surface area contributed by atoms with Gasteiger partial charge in [-0.2, -0.15) is 0 Å². The first kappa shape index (κ1) is 20.4. The molecule has 0 spiro atoms. The van der Waals surface area contributed by atoms with Crippen molar-refractivity contribution in [2.24, 2.45) is 0 Å². The number of imide groups is 1. The topological polar surface area (TPSA) is 55.8 Å². The summed E-state index contributed by atoms with van der Waals surface area (Å²) in [6, 6.07) is 5.32. The maximum absolute atomic E-state index is 13.0. The smallest absolute Gasteiger partial charge is 0.267 e. The quantitative estimate of drug-likeness (QED) is 0.410. The Kier molecular flexibility index (Phi) is 6.39. The van der Waals surface area contributed by atoms with E-state index in [2.05, 4.69) is 13.8 Å². The van der Waals surface area contributed by atoms with E-state index in [1.54, 1.807) is 12.1 Å². The van der Waals surface area contributed by atoms with Crippen LogP contribution in [-0.2, 0) is 0 Å². The molecule has 0 bridgehead atoms. The van der Waals surface area contributed by atoms with Crippen LogP contribution in [-0.4, -0.2) is 25.0 Å². The summed E-state index contributed by atoms with van der Waals surface area (Å²) in [6.07, 6.45) is 3.93. The van der Waals surface area contributed by atoms with Gasteiger partial charge < -0.3 is 9.47 Å². The standard InChI is InChI=1S/C22H27NO4S/c1-5-7-9-26-17-11-16(12-18(13-17)27-10-8-6-2)23-21(24)19-14(3)28-15(4)20(19)22(23)25/h11-13H,5-10H2,1-4H3. The summed E-state index contributed by atoms with van der Waals surface area (Å²) < 4.78 is 11.7. The van der Waals surface area contributed by atoms with E-state index in [0.29, 0.717) is 41.5 Å². The van der Waals surface area contributed by atoms with Gasteiger partial charge in [-0.05, 0) is 26.7 Å². The fourth-order valence-electron chi connectivity index (χ4n) is 3.27. The minimum Gasteiger partial charge on any atom is -0.493 e. The number of aryl methyl sites for hydroxylation is 2. The van der Waals surface area contributed by atoms with Gasteiger partial charge in [0.15, 0.2) is 0 Å². The predicted molar refractivity (Wildman–Crippen MR) is 112 cm³/mol. The van der Waals surface area contributed by atoms with Crippen LogP contribution < -0.4 is 14.4 Å². The van der Waals surface area contributed by atoms with Crippen molar-refractivity contribution in [1.29, 1.82) is 0 Å². The molecule has 28 heavy (non-hydrogen) atoms. The summed E-state index contributed by atoms with van der Waals surface area (Å²) in [5.41, 5.74) is 1.55. The molecule has 0 N–H and O–H groups in total. The highest BCUT2D eigenvalue weighted by atomic mass is 32.1. The highest BCUT2D eigenvalue weighted by Crippen LogP contribution is 2.39. The Balaban J connectivity index is 1.94. The van der Waals surface area contributed by atoms with Gasteiger partial charge in [0.2, 0.25) is 0 Å². The molecule has 150 valence electrons. The molecule has 1 aliphatic heterocycles. The van der Waals surface area contributed by atoms with E-state index >= 15 is 0 Å². The Morgan fingerprint density at radius 3 is 1.71 bits per heavy atom. The number of hydrogen-bond donors (Lipinski definition) is 0. The molecule has 2 aromatic rings. The van der Waals surface area contributed by atoms with Crippen LogP contribution in [0.3, 0.4) is 0 Å². The van der Waals surface area contributed by atoms with Gasteiger partial charge in [0.25, 0.3) is 11.8 Å². The second kappa shape index (κ2) is 8.78. The molecule has 1 aromatic heterocycles. The number of benzene rings is 1. The monoisotopic (exact) mass is 401 g/mol. The van der Waals surface area contributed by atoms with E-state index in [-0.39, 0.29) is 11.8 Å². The number of amides is 2. The largest absolute Gasteiger partial charge is 0.493 e. The second-order valence-corrected chi connectivity index (χ2v) is 8.41. The van der Waals surface area contributed by atoms with Crippen molar-refractivity contribution in [3.05, 3.63) is 39.1 Å². The zero-order valence-corrected chi connectivity index (χ0v) is 17.8. The number of anilines is 1. The normalized spacial score (nSPS) is 13.2. The van der Waals surface area contributed by atoms with Crippen LogP contribution in [0.25, 0.3) is 0 Å². The average Bonchev–Trinajstić information content (AvgIpc) is 3.10. The van der Waals surface area contributed by atoms with Crippen molar-refractivity contribution in [3.8, 4) is 11.5 Å². The van der Waals surface area contributed by atoms with Gasteiger partial charge in [0.1, 0.15) is 11.5 Å². The number of nitrogens with zero attached hydrogens (tertiary/aromatic N) is 1. The van der Waals surface area contributed by atoms with Gasteiger partial charge in [-0.3, -0.25) is 9.59 Å². The van der Waals surface area contributed by atoms with Crippen LogP contribution in [0.5, 0.6) is 11.5 Å². The number of carbonyl (C=O) groups excluding carboxylic acids is 2. The second-order valence-electron chi connectivity index (χ2n) is 6.98. The third-order valence-corrected chi connectivity index (χ3v) is 5.77. The number of fused-ring (bicyclic) bond motifs is 1. The number of carbonyl (C=O) groups is 2. The van der Waals surface area contributed by atoms with Crippen LogP contribution in [0, 0.1) is 13.8 Å². The number of hydrogen-bond acceptors (Lipinski definition) is 5. The van der Waals surface area contributed by atoms with E-state index in [9.17, 15) is 9.59 Å². The van der Waals surface area contributed by atoms with Gasteiger partial charge >= 0.3 is 0 Å². The molecule has 1 aromatic carbocycles. The first-order valence-electron chi connectivity index (χ1n) is 9.87. The molecule has 5 nitrogen and oxygen atoms in total. The molecule has 0 aliphatic carbocycles. The first-order chi connectivity index (χ1) is 13.5. The molecule has 2 heterocycles. The lowest BCUT2D eigenvalue weighted by atomic mass is 10.1. The molecule has 0 fully saturated rings. The molecule has 3 rings (SSSR count). The molecular formula is C22H27NO4S. The van der Waals surface area contributed by atoms with E-state index < -0.39 is 0 Å². The molecule has 0 saturated carbocycles. The molecule has 0 radical (unpaired) electrons. The molecular weight excluding hydrogens is 374 g/mol. The number of ether oxygens (including phenoxy) is 2. The van der Waals surface area contributed by atoms with Crippen LogP contribution >= 0.6 is 11.3 Å². The van der Waals surface area contributed by atoms with Crippen molar-refractivity contribution in [2.45, 2.75) is 53.4 Å². The molecule has 1 aliphatic rings. The summed E-state index contributed by atoms with van der Waals surface area (Å²) in [5, 5.41) is 0. The summed E-state index contributed by atoms with van der Waals surface area (Å²) >= 11 is 1.49. The van der Waals surface area contributed by atoms with Gasteiger partial charge in [0, 0.05) is 28.0 Å². The zero-order chi connectivity index (χ0) is 20.3. The lowest BCUT2D eigenvalue weighted by Crippen LogP contribution is -2.30. The predicted octanol–water partition coefficient (Wildman–Crippen LogP) is 5.52. The van der Waals surface area contributed by atoms with Gasteiger partial charge in [-0.1, -0.05) is 26.7 Å². The van der Waals surface area contributed by atoms with Crippen LogP contribution in [0.1, 0.15) is 70.0 Å². The molecule has 0 saturated heterocycles. The van der Waals surface area contributed by atoms with E-state index in [1.165, 1.54) is 16.2 Å². The van der Waals surface area contributed by atoms with Crippen LogP contribution in [0.4, 0.5) is 5.69 Å². The van der Waals surface area contributed by atoms with E-state index in [4.69, 9.17) is 9.47 Å². The third-order valence-electron chi connectivity index (χ3n) is 4.75. The van der Waals surface area contributed by atoms with Crippen molar-refractivity contribution in [2.75, 3.05) is 18.1 Å². The lowest BCUT2D eigenvalue weighted by molar-refractivity contribution is 0.0926. The van der Waals surface area contributed by atoms with Gasteiger partial charge in [-0.15, -0.1) is 11.3 Å². The number of thiophene rings is 1. The Morgan fingerprint density at radius 1 is 0.821 bits per heavy atom. The lowest BCUT2D eigenvalue weighted by Gasteiger charge is -2.18. The van der Waals surface area contributed by atoms with E-state index in [1.807, 2.05) is 19.9 Å². The fraction of sp³-hybridized carbons (Fsp3) is 0.455. The molecule has 6 heteroatoms. The fourth-order valence-corrected chi connectivity index (χ4v) is 4.31.